The van der Waals surface area contributed by atoms with Gasteiger partial charge in [0.2, 0.25) is 11.8 Å². The molecule has 2 aromatic rings. The molecule has 2 fully saturated rings. The second-order valence-corrected chi connectivity index (χ2v) is 6.25. The Morgan fingerprint density at radius 1 is 1.04 bits per heavy atom. The van der Waals surface area contributed by atoms with Crippen LogP contribution in [0.2, 0.25) is 0 Å². The minimum Gasteiger partial charge on any atom is -0.381 e. The van der Waals surface area contributed by atoms with Crippen molar-refractivity contribution in [3.05, 3.63) is 30.2 Å². The quantitative estimate of drug-likeness (QED) is 0.824. The van der Waals surface area contributed by atoms with Crippen molar-refractivity contribution in [1.82, 2.24) is 25.0 Å². The van der Waals surface area contributed by atoms with E-state index < -0.39 is 0 Å². The Kier molecular flexibility index (Phi) is 4.66. The normalized spacial score (nSPS) is 20.4. The summed E-state index contributed by atoms with van der Waals surface area (Å²) in [6, 6.07) is 1.84. The van der Waals surface area contributed by atoms with Crippen LogP contribution in [-0.4, -0.2) is 64.4 Å². The molecule has 2 aliphatic heterocycles. The lowest BCUT2D eigenvalue weighted by atomic mass is 10.0. The standard InChI is InChI=1S/C16H22N6O2/c1-4-17-16(18-5-1)22-8-6-21(7-9-22)12-14-19-15(24-20-14)13-2-10-23-11-3-13/h1,4-5,13H,2-3,6-12H2. The van der Waals surface area contributed by atoms with Crippen molar-refractivity contribution >= 4 is 5.95 Å². The van der Waals surface area contributed by atoms with E-state index in [1.165, 1.54) is 0 Å². The number of nitrogens with zero attached hydrogens (tertiary/aromatic N) is 6. The second kappa shape index (κ2) is 7.23. The summed E-state index contributed by atoms with van der Waals surface area (Å²) < 4.78 is 10.8. The molecule has 0 amide bonds. The summed E-state index contributed by atoms with van der Waals surface area (Å²) in [7, 11) is 0. The first-order chi connectivity index (χ1) is 11.9. The Balaban J connectivity index is 1.30. The zero-order valence-electron chi connectivity index (χ0n) is 13.7. The van der Waals surface area contributed by atoms with Gasteiger partial charge in [-0.05, 0) is 18.9 Å². The van der Waals surface area contributed by atoms with Crippen molar-refractivity contribution in [3.63, 3.8) is 0 Å². The summed E-state index contributed by atoms with van der Waals surface area (Å²) in [6.45, 7) is 6.01. The highest BCUT2D eigenvalue weighted by molar-refractivity contribution is 5.29. The summed E-state index contributed by atoms with van der Waals surface area (Å²) in [5.74, 6) is 2.70. The van der Waals surface area contributed by atoms with Crippen molar-refractivity contribution < 1.29 is 9.26 Å². The Bertz CT molecular complexity index is 635. The molecule has 4 rings (SSSR count). The highest BCUT2D eigenvalue weighted by Crippen LogP contribution is 2.25. The van der Waals surface area contributed by atoms with Crippen molar-refractivity contribution in [2.24, 2.45) is 0 Å². The van der Waals surface area contributed by atoms with Gasteiger partial charge in [-0.3, -0.25) is 4.90 Å². The molecule has 8 heteroatoms. The second-order valence-electron chi connectivity index (χ2n) is 6.25. The third-order valence-corrected chi connectivity index (χ3v) is 4.63. The molecular formula is C16H22N6O2. The van der Waals surface area contributed by atoms with E-state index in [-0.39, 0.29) is 0 Å². The molecule has 2 aromatic heterocycles. The van der Waals surface area contributed by atoms with Gasteiger partial charge >= 0.3 is 0 Å². The van der Waals surface area contributed by atoms with Gasteiger partial charge in [0.1, 0.15) is 0 Å². The molecule has 0 bridgehead atoms. The highest BCUT2D eigenvalue weighted by atomic mass is 16.5. The van der Waals surface area contributed by atoms with Crippen molar-refractivity contribution in [1.29, 1.82) is 0 Å². The molecule has 0 aliphatic carbocycles. The summed E-state index contributed by atoms with van der Waals surface area (Å²) in [6.07, 6.45) is 5.51. The van der Waals surface area contributed by atoms with Crippen LogP contribution in [0.1, 0.15) is 30.5 Å². The number of hydrogen-bond donors (Lipinski definition) is 0. The molecule has 0 radical (unpaired) electrons. The molecule has 0 aromatic carbocycles. The molecule has 24 heavy (non-hydrogen) atoms. The molecule has 0 atom stereocenters. The van der Waals surface area contributed by atoms with Crippen LogP contribution in [0, 0.1) is 0 Å². The van der Waals surface area contributed by atoms with Gasteiger partial charge in [-0.2, -0.15) is 4.98 Å². The SMILES string of the molecule is c1cnc(N2CCN(Cc3noc(C4CCOCC4)n3)CC2)nc1. The number of ether oxygens (including phenoxy) is 1. The first-order valence-corrected chi connectivity index (χ1v) is 8.53. The molecule has 8 nitrogen and oxygen atoms in total. The fraction of sp³-hybridized carbons (Fsp3) is 0.625. The number of aromatic nitrogens is 4. The summed E-state index contributed by atoms with van der Waals surface area (Å²) in [5.41, 5.74) is 0. The molecule has 128 valence electrons. The topological polar surface area (TPSA) is 80.4 Å². The van der Waals surface area contributed by atoms with Gasteiger partial charge in [0.15, 0.2) is 5.82 Å². The molecule has 0 unspecified atom stereocenters. The van der Waals surface area contributed by atoms with E-state index in [9.17, 15) is 0 Å². The van der Waals surface area contributed by atoms with Crippen LogP contribution in [0.5, 0.6) is 0 Å². The van der Waals surface area contributed by atoms with Gasteiger partial charge < -0.3 is 14.2 Å². The monoisotopic (exact) mass is 330 g/mol. The predicted molar refractivity (Wildman–Crippen MR) is 86.6 cm³/mol. The largest absolute Gasteiger partial charge is 0.381 e. The van der Waals surface area contributed by atoms with Gasteiger partial charge in [0, 0.05) is 57.7 Å². The maximum absolute atomic E-state index is 5.46. The van der Waals surface area contributed by atoms with Crippen LogP contribution >= 0.6 is 0 Å². The minimum atomic E-state index is 0.354. The van der Waals surface area contributed by atoms with E-state index in [1.54, 1.807) is 12.4 Å². The highest BCUT2D eigenvalue weighted by Gasteiger charge is 2.24. The van der Waals surface area contributed by atoms with E-state index in [1.807, 2.05) is 6.07 Å². The van der Waals surface area contributed by atoms with Crippen LogP contribution < -0.4 is 4.90 Å². The van der Waals surface area contributed by atoms with Gasteiger partial charge in [-0.1, -0.05) is 5.16 Å². The average molecular weight is 330 g/mol. The van der Waals surface area contributed by atoms with Gasteiger partial charge in [0.05, 0.1) is 6.54 Å². The summed E-state index contributed by atoms with van der Waals surface area (Å²) >= 11 is 0. The molecular weight excluding hydrogens is 308 g/mol. The first kappa shape index (κ1) is 15.5. The molecule has 2 aliphatic rings. The van der Waals surface area contributed by atoms with Crippen LogP contribution in [0.15, 0.2) is 23.0 Å². The minimum absolute atomic E-state index is 0.354. The van der Waals surface area contributed by atoms with Gasteiger partial charge in [0.25, 0.3) is 0 Å². The van der Waals surface area contributed by atoms with Crippen LogP contribution in [0.25, 0.3) is 0 Å². The lowest BCUT2D eigenvalue weighted by molar-refractivity contribution is 0.0778. The zero-order valence-corrected chi connectivity index (χ0v) is 13.7. The smallest absolute Gasteiger partial charge is 0.229 e. The molecule has 2 saturated heterocycles. The Labute approximate surface area is 140 Å². The Morgan fingerprint density at radius 3 is 2.54 bits per heavy atom. The molecule has 4 heterocycles. The fourth-order valence-electron chi connectivity index (χ4n) is 3.20. The van der Waals surface area contributed by atoms with Gasteiger partial charge in [-0.25, -0.2) is 9.97 Å². The summed E-state index contributed by atoms with van der Waals surface area (Å²) in [4.78, 5) is 17.8. The number of anilines is 1. The van der Waals surface area contributed by atoms with Crippen LogP contribution in [0.3, 0.4) is 0 Å². The Hall–Kier alpha value is -2.06. The maximum atomic E-state index is 5.46. The molecule has 0 spiro atoms. The van der Waals surface area contributed by atoms with E-state index in [2.05, 4.69) is 29.9 Å². The summed E-state index contributed by atoms with van der Waals surface area (Å²) in [5, 5.41) is 4.16. The number of hydrogen-bond acceptors (Lipinski definition) is 8. The lowest BCUT2D eigenvalue weighted by Crippen LogP contribution is -2.46. The van der Waals surface area contributed by atoms with Crippen LogP contribution in [-0.2, 0) is 11.3 Å². The Morgan fingerprint density at radius 2 is 1.79 bits per heavy atom. The van der Waals surface area contributed by atoms with Crippen molar-refractivity contribution in [2.45, 2.75) is 25.3 Å². The van der Waals surface area contributed by atoms with Gasteiger partial charge in [-0.15, -0.1) is 0 Å². The average Bonchev–Trinajstić information content (AvgIpc) is 3.12. The third kappa shape index (κ3) is 3.54. The van der Waals surface area contributed by atoms with E-state index in [0.29, 0.717) is 5.92 Å². The van der Waals surface area contributed by atoms with Crippen molar-refractivity contribution in [2.75, 3.05) is 44.3 Å². The zero-order chi connectivity index (χ0) is 16.2. The first-order valence-electron chi connectivity index (χ1n) is 8.53. The lowest BCUT2D eigenvalue weighted by Gasteiger charge is -2.33. The number of rotatable bonds is 4. The number of piperazine rings is 1. The van der Waals surface area contributed by atoms with E-state index >= 15 is 0 Å². The molecule has 0 saturated carbocycles. The predicted octanol–water partition coefficient (Wildman–Crippen LogP) is 1.08. The van der Waals surface area contributed by atoms with Crippen LogP contribution in [0.4, 0.5) is 5.95 Å². The maximum Gasteiger partial charge on any atom is 0.229 e. The van der Waals surface area contributed by atoms with E-state index in [0.717, 1.165) is 76.4 Å². The molecule has 0 N–H and O–H groups in total. The fourth-order valence-corrected chi connectivity index (χ4v) is 3.20. The van der Waals surface area contributed by atoms with E-state index in [4.69, 9.17) is 9.26 Å². The van der Waals surface area contributed by atoms with Crippen molar-refractivity contribution in [3.8, 4) is 0 Å². The third-order valence-electron chi connectivity index (χ3n) is 4.63.